The van der Waals surface area contributed by atoms with Crippen molar-refractivity contribution in [3.05, 3.63) is 107 Å². The average Bonchev–Trinajstić information content (AvgIpc) is 3.24. The van der Waals surface area contributed by atoms with Crippen LogP contribution in [0, 0.1) is 0 Å². The third-order valence-corrected chi connectivity index (χ3v) is 7.53. The molecule has 0 spiro atoms. The van der Waals surface area contributed by atoms with E-state index in [1.807, 2.05) is 24.3 Å². The highest BCUT2D eigenvalue weighted by molar-refractivity contribution is 6.33. The van der Waals surface area contributed by atoms with Gasteiger partial charge in [0.1, 0.15) is 5.82 Å². The molecule has 0 atom stereocenters. The molecule has 1 aliphatic rings. The first kappa shape index (κ1) is 20.5. The van der Waals surface area contributed by atoms with Crippen molar-refractivity contribution in [1.82, 2.24) is 9.55 Å². The molecule has 170 valence electrons. The lowest BCUT2D eigenvalue weighted by Gasteiger charge is -2.17. The van der Waals surface area contributed by atoms with Gasteiger partial charge in [0.2, 0.25) is 0 Å². The fourth-order valence-electron chi connectivity index (χ4n) is 5.51. The first-order valence-electron chi connectivity index (χ1n) is 12.2. The van der Waals surface area contributed by atoms with Crippen molar-refractivity contribution < 1.29 is 0 Å². The highest BCUT2D eigenvalue weighted by Gasteiger charge is 2.18. The molecule has 0 radical (unpaired) electrons. The molecule has 7 rings (SSSR count). The summed E-state index contributed by atoms with van der Waals surface area (Å²) in [5.74, 6) is 0.983. The highest BCUT2D eigenvalue weighted by atomic mass is 35.5. The number of aryl methyl sites for hydroxylation is 2. The number of nitrogens with one attached hydrogen (secondary N) is 1. The maximum Gasteiger partial charge on any atom is 0.137 e. The summed E-state index contributed by atoms with van der Waals surface area (Å²) in [7, 11) is 0. The molecular formula is C31H24ClN3. The molecule has 2 aromatic heterocycles. The quantitative estimate of drug-likeness (QED) is 0.279. The second kappa shape index (κ2) is 8.14. The average molecular weight is 474 g/mol. The number of halogens is 1. The molecule has 0 amide bonds. The Balaban J connectivity index is 1.52. The Hall–Kier alpha value is -3.82. The van der Waals surface area contributed by atoms with Gasteiger partial charge in [-0.2, -0.15) is 0 Å². The fourth-order valence-corrected chi connectivity index (χ4v) is 5.69. The van der Waals surface area contributed by atoms with E-state index in [4.69, 9.17) is 16.6 Å². The lowest BCUT2D eigenvalue weighted by molar-refractivity contribution is 0.666. The number of benzene rings is 4. The lowest BCUT2D eigenvalue weighted by atomic mass is 9.96. The van der Waals surface area contributed by atoms with Gasteiger partial charge in [0.05, 0.1) is 21.7 Å². The molecule has 0 fully saturated rings. The van der Waals surface area contributed by atoms with Crippen LogP contribution in [-0.2, 0) is 12.8 Å². The van der Waals surface area contributed by atoms with E-state index in [1.54, 1.807) is 0 Å². The van der Waals surface area contributed by atoms with Crippen LogP contribution >= 0.6 is 11.6 Å². The molecule has 1 N–H and O–H groups in total. The molecule has 0 bridgehead atoms. The van der Waals surface area contributed by atoms with E-state index in [1.165, 1.54) is 51.2 Å². The molecule has 1 aliphatic carbocycles. The van der Waals surface area contributed by atoms with Gasteiger partial charge in [0, 0.05) is 27.5 Å². The maximum absolute atomic E-state index is 6.44. The van der Waals surface area contributed by atoms with Crippen molar-refractivity contribution in [2.24, 2.45) is 0 Å². The fraction of sp³-hybridized carbons (Fsp3) is 0.129. The Kier molecular flexibility index (Phi) is 4.78. The number of nitrogens with zero attached hydrogens (tertiary/aromatic N) is 2. The molecule has 0 unspecified atom stereocenters. The van der Waals surface area contributed by atoms with Gasteiger partial charge in [0.25, 0.3) is 0 Å². The molecule has 3 nitrogen and oxygen atoms in total. The van der Waals surface area contributed by atoms with Crippen LogP contribution in [0.5, 0.6) is 0 Å². The minimum Gasteiger partial charge on any atom is -0.354 e. The third kappa shape index (κ3) is 3.38. The van der Waals surface area contributed by atoms with Gasteiger partial charge in [-0.1, -0.05) is 72.3 Å². The predicted octanol–water partition coefficient (Wildman–Crippen LogP) is 8.61. The van der Waals surface area contributed by atoms with Crippen molar-refractivity contribution >= 4 is 55.6 Å². The van der Waals surface area contributed by atoms with Crippen LogP contribution in [-0.4, -0.2) is 9.55 Å². The summed E-state index contributed by atoms with van der Waals surface area (Å²) < 4.78 is 2.35. The Morgan fingerprint density at radius 3 is 2.51 bits per heavy atom. The summed E-state index contributed by atoms with van der Waals surface area (Å²) in [6.07, 6.45) is 4.65. The third-order valence-electron chi connectivity index (χ3n) is 7.20. The number of hydrogen-bond acceptors (Lipinski definition) is 2. The summed E-state index contributed by atoms with van der Waals surface area (Å²) in [6.45, 7) is 0. The largest absolute Gasteiger partial charge is 0.354 e. The minimum atomic E-state index is 0.704. The van der Waals surface area contributed by atoms with Crippen molar-refractivity contribution in [3.63, 3.8) is 0 Å². The number of aromatic nitrogens is 2. The zero-order chi connectivity index (χ0) is 23.4. The van der Waals surface area contributed by atoms with Gasteiger partial charge in [-0.3, -0.25) is 4.57 Å². The Bertz CT molecular complexity index is 1750. The van der Waals surface area contributed by atoms with Crippen LogP contribution in [0.15, 0.2) is 91.0 Å². The van der Waals surface area contributed by atoms with Gasteiger partial charge in [-0.05, 0) is 67.0 Å². The SMILES string of the molecule is Clc1ccccc1Nc1ccc2c3ccc4ccccc4c3n(-c3ccc4c(n3)CCCC4)c2c1. The van der Waals surface area contributed by atoms with Crippen LogP contribution in [0.2, 0.25) is 5.02 Å². The van der Waals surface area contributed by atoms with E-state index in [2.05, 4.69) is 76.6 Å². The van der Waals surface area contributed by atoms with E-state index >= 15 is 0 Å². The number of anilines is 2. The summed E-state index contributed by atoms with van der Waals surface area (Å²) in [5.41, 5.74) is 6.87. The van der Waals surface area contributed by atoms with Crippen molar-refractivity contribution in [1.29, 1.82) is 0 Å². The van der Waals surface area contributed by atoms with Crippen molar-refractivity contribution in [2.45, 2.75) is 25.7 Å². The minimum absolute atomic E-state index is 0.704. The standard InChI is InChI=1S/C31H24ClN3/c32-26-10-4-6-12-28(26)33-22-15-17-24-25-16-13-20-7-1-3-9-23(20)31(25)35(29(24)19-22)30-18-14-21-8-2-5-11-27(21)34-30/h1,3-4,6-7,9-10,12-19,33H,2,5,8,11H2. The Morgan fingerprint density at radius 1 is 0.743 bits per heavy atom. The smallest absolute Gasteiger partial charge is 0.137 e. The molecule has 0 saturated carbocycles. The van der Waals surface area contributed by atoms with E-state index in [0.29, 0.717) is 5.02 Å². The van der Waals surface area contributed by atoms with Gasteiger partial charge >= 0.3 is 0 Å². The lowest BCUT2D eigenvalue weighted by Crippen LogP contribution is -2.08. The molecular weight excluding hydrogens is 450 g/mol. The molecule has 0 saturated heterocycles. The van der Waals surface area contributed by atoms with E-state index in [0.717, 1.165) is 35.6 Å². The summed E-state index contributed by atoms with van der Waals surface area (Å²) in [5, 5.41) is 9.14. The molecule has 2 heterocycles. The molecule has 0 aliphatic heterocycles. The topological polar surface area (TPSA) is 29.9 Å². The molecule has 35 heavy (non-hydrogen) atoms. The van der Waals surface area contributed by atoms with Crippen LogP contribution < -0.4 is 5.32 Å². The van der Waals surface area contributed by atoms with Crippen LogP contribution in [0.4, 0.5) is 11.4 Å². The van der Waals surface area contributed by atoms with E-state index in [-0.39, 0.29) is 0 Å². The zero-order valence-electron chi connectivity index (χ0n) is 19.3. The monoisotopic (exact) mass is 473 g/mol. The normalized spacial score (nSPS) is 13.4. The van der Waals surface area contributed by atoms with Gasteiger partial charge in [0.15, 0.2) is 0 Å². The maximum atomic E-state index is 6.44. The summed E-state index contributed by atoms with van der Waals surface area (Å²) in [4.78, 5) is 5.21. The summed E-state index contributed by atoms with van der Waals surface area (Å²) in [6, 6.07) is 32.0. The Labute approximate surface area is 209 Å². The van der Waals surface area contributed by atoms with E-state index < -0.39 is 0 Å². The second-order valence-corrected chi connectivity index (χ2v) is 9.74. The molecule has 4 aromatic carbocycles. The number of rotatable bonds is 3. The first-order valence-corrected chi connectivity index (χ1v) is 12.6. The van der Waals surface area contributed by atoms with Crippen molar-refractivity contribution in [2.75, 3.05) is 5.32 Å². The number of pyridine rings is 1. The zero-order valence-corrected chi connectivity index (χ0v) is 20.0. The molecule has 4 heteroatoms. The predicted molar refractivity (Wildman–Crippen MR) is 147 cm³/mol. The van der Waals surface area contributed by atoms with Crippen molar-refractivity contribution in [3.8, 4) is 5.82 Å². The van der Waals surface area contributed by atoms with Gasteiger partial charge in [-0.15, -0.1) is 0 Å². The Morgan fingerprint density at radius 2 is 1.57 bits per heavy atom. The number of fused-ring (bicyclic) bond motifs is 6. The number of para-hydroxylation sites is 1. The first-order chi connectivity index (χ1) is 17.3. The second-order valence-electron chi connectivity index (χ2n) is 9.34. The number of hydrogen-bond donors (Lipinski definition) is 1. The van der Waals surface area contributed by atoms with E-state index in [9.17, 15) is 0 Å². The van der Waals surface area contributed by atoms with Gasteiger partial charge < -0.3 is 5.32 Å². The van der Waals surface area contributed by atoms with Crippen LogP contribution in [0.25, 0.3) is 38.4 Å². The molecule has 6 aromatic rings. The van der Waals surface area contributed by atoms with Crippen LogP contribution in [0.1, 0.15) is 24.1 Å². The highest BCUT2D eigenvalue weighted by Crippen LogP contribution is 2.38. The summed E-state index contributed by atoms with van der Waals surface area (Å²) >= 11 is 6.44. The van der Waals surface area contributed by atoms with Gasteiger partial charge in [-0.25, -0.2) is 4.98 Å². The van der Waals surface area contributed by atoms with Crippen LogP contribution in [0.3, 0.4) is 0 Å².